The van der Waals surface area contributed by atoms with Gasteiger partial charge in [-0.2, -0.15) is 13.2 Å². The van der Waals surface area contributed by atoms with E-state index in [9.17, 15) is 27.9 Å². The summed E-state index contributed by atoms with van der Waals surface area (Å²) in [6.45, 7) is 0.557. The highest BCUT2D eigenvalue weighted by Gasteiger charge is 2.44. The van der Waals surface area contributed by atoms with E-state index in [1.807, 2.05) is 0 Å². The van der Waals surface area contributed by atoms with Crippen molar-refractivity contribution >= 4 is 11.9 Å². The largest absolute Gasteiger partial charge is 0.481 e. The van der Waals surface area contributed by atoms with E-state index in [2.05, 4.69) is 5.32 Å². The number of alkyl halides is 3. The Bertz CT molecular complexity index is 446. The second-order valence-electron chi connectivity index (χ2n) is 6.52. The number of halogens is 3. The molecule has 2 unspecified atom stereocenters. The van der Waals surface area contributed by atoms with Gasteiger partial charge in [0, 0.05) is 25.7 Å². The fourth-order valence-electron chi connectivity index (χ4n) is 3.35. The van der Waals surface area contributed by atoms with Crippen molar-refractivity contribution in [2.75, 3.05) is 19.8 Å². The summed E-state index contributed by atoms with van der Waals surface area (Å²) in [6.07, 6.45) is -3.07. The van der Waals surface area contributed by atoms with E-state index in [0.717, 1.165) is 0 Å². The predicted molar refractivity (Wildman–Crippen MR) is 74.6 cm³/mol. The Kier molecular flexibility index (Phi) is 5.54. The third-order valence-electron chi connectivity index (χ3n) is 5.01. The number of rotatable bonds is 4. The molecule has 2 N–H and O–H groups in total. The van der Waals surface area contributed by atoms with E-state index >= 15 is 0 Å². The molecule has 2 fully saturated rings. The normalized spacial score (nSPS) is 28.1. The number of amides is 1. The Morgan fingerprint density at radius 1 is 1.22 bits per heavy atom. The first-order valence-corrected chi connectivity index (χ1v) is 7.90. The van der Waals surface area contributed by atoms with Gasteiger partial charge in [-0.05, 0) is 32.1 Å². The van der Waals surface area contributed by atoms with Crippen LogP contribution in [0, 0.1) is 17.3 Å². The molecular formula is C15H22F3NO4. The number of carboxylic acids is 1. The number of aliphatic carboxylic acids is 1. The van der Waals surface area contributed by atoms with Crippen LogP contribution in [0.2, 0.25) is 0 Å². The van der Waals surface area contributed by atoms with Gasteiger partial charge >= 0.3 is 12.1 Å². The number of hydrogen-bond donors (Lipinski definition) is 2. The van der Waals surface area contributed by atoms with E-state index in [1.54, 1.807) is 0 Å². The summed E-state index contributed by atoms with van der Waals surface area (Å²) in [5.74, 6) is -3.60. The molecule has 0 aromatic carbocycles. The Balaban J connectivity index is 1.92. The van der Waals surface area contributed by atoms with Crippen LogP contribution in [-0.2, 0) is 14.3 Å². The zero-order valence-electron chi connectivity index (χ0n) is 12.8. The molecule has 0 aromatic rings. The standard InChI is InChI=1S/C15H22F3NO4/c16-15(17,18)11-3-1-2-10(8-11)12(20)19-9-14(13(21)22)4-6-23-7-5-14/h10-11H,1-9H2,(H,19,20)(H,21,22). The summed E-state index contributed by atoms with van der Waals surface area (Å²) in [5.41, 5.74) is -1.08. The molecule has 1 aliphatic heterocycles. The van der Waals surface area contributed by atoms with Crippen LogP contribution in [0.1, 0.15) is 38.5 Å². The Hall–Kier alpha value is -1.31. The van der Waals surface area contributed by atoms with Crippen molar-refractivity contribution < 1.29 is 32.6 Å². The molecule has 0 radical (unpaired) electrons. The number of carboxylic acid groups (broad SMARTS) is 1. The summed E-state index contributed by atoms with van der Waals surface area (Å²) >= 11 is 0. The Morgan fingerprint density at radius 2 is 1.87 bits per heavy atom. The third kappa shape index (κ3) is 4.37. The zero-order chi connectivity index (χ0) is 17.1. The molecule has 1 saturated heterocycles. The van der Waals surface area contributed by atoms with Crippen LogP contribution in [0.3, 0.4) is 0 Å². The van der Waals surface area contributed by atoms with E-state index in [-0.39, 0.29) is 19.4 Å². The average Bonchev–Trinajstić information content (AvgIpc) is 2.52. The van der Waals surface area contributed by atoms with E-state index in [0.29, 0.717) is 38.9 Å². The molecule has 0 bridgehead atoms. The van der Waals surface area contributed by atoms with Crippen molar-refractivity contribution in [2.24, 2.45) is 17.3 Å². The van der Waals surface area contributed by atoms with Crippen molar-refractivity contribution in [1.82, 2.24) is 5.32 Å². The highest BCUT2D eigenvalue weighted by molar-refractivity contribution is 5.80. The minimum atomic E-state index is -4.28. The molecule has 8 heteroatoms. The zero-order valence-corrected chi connectivity index (χ0v) is 12.8. The summed E-state index contributed by atoms with van der Waals surface area (Å²) in [4.78, 5) is 23.7. The van der Waals surface area contributed by atoms with Crippen LogP contribution in [0.4, 0.5) is 13.2 Å². The summed E-state index contributed by atoms with van der Waals surface area (Å²) < 4.78 is 43.5. The fraction of sp³-hybridized carbons (Fsp3) is 0.867. The minimum absolute atomic E-state index is 0.0578. The van der Waals surface area contributed by atoms with Gasteiger partial charge in [0.05, 0.1) is 11.3 Å². The van der Waals surface area contributed by atoms with Gasteiger partial charge in [0.2, 0.25) is 5.91 Å². The number of ether oxygens (including phenoxy) is 1. The monoisotopic (exact) mass is 337 g/mol. The molecule has 1 amide bonds. The maximum atomic E-state index is 12.8. The van der Waals surface area contributed by atoms with Crippen molar-refractivity contribution in [3.05, 3.63) is 0 Å². The number of carbonyl (C=O) groups excluding carboxylic acids is 1. The van der Waals surface area contributed by atoms with Gasteiger partial charge in [-0.15, -0.1) is 0 Å². The molecule has 23 heavy (non-hydrogen) atoms. The smallest absolute Gasteiger partial charge is 0.391 e. The molecule has 1 aliphatic carbocycles. The summed E-state index contributed by atoms with van der Waals surface area (Å²) in [7, 11) is 0. The first kappa shape index (κ1) is 18.0. The van der Waals surface area contributed by atoms with Crippen molar-refractivity contribution in [1.29, 1.82) is 0 Å². The van der Waals surface area contributed by atoms with Crippen LogP contribution in [0.5, 0.6) is 0 Å². The molecule has 2 aliphatic rings. The SMILES string of the molecule is O=C(NCC1(C(=O)O)CCOCC1)C1CCCC(C(F)(F)F)C1. The number of nitrogens with one attached hydrogen (secondary N) is 1. The minimum Gasteiger partial charge on any atom is -0.481 e. The van der Waals surface area contributed by atoms with Gasteiger partial charge in [-0.1, -0.05) is 6.42 Å². The van der Waals surface area contributed by atoms with Crippen molar-refractivity contribution in [3.63, 3.8) is 0 Å². The lowest BCUT2D eigenvalue weighted by Crippen LogP contribution is -2.48. The molecule has 1 saturated carbocycles. The van der Waals surface area contributed by atoms with Gasteiger partial charge < -0.3 is 15.2 Å². The predicted octanol–water partition coefficient (Wildman–Crippen LogP) is 2.35. The van der Waals surface area contributed by atoms with Gasteiger partial charge in [-0.25, -0.2) is 0 Å². The van der Waals surface area contributed by atoms with E-state index in [4.69, 9.17) is 4.74 Å². The maximum Gasteiger partial charge on any atom is 0.391 e. The van der Waals surface area contributed by atoms with E-state index < -0.39 is 35.3 Å². The highest BCUT2D eigenvalue weighted by Crippen LogP contribution is 2.40. The first-order chi connectivity index (χ1) is 10.7. The fourth-order valence-corrected chi connectivity index (χ4v) is 3.35. The van der Waals surface area contributed by atoms with Gasteiger partial charge in [0.25, 0.3) is 0 Å². The molecule has 0 spiro atoms. The Morgan fingerprint density at radius 3 is 2.43 bits per heavy atom. The van der Waals surface area contributed by atoms with Gasteiger partial charge in [0.15, 0.2) is 0 Å². The second-order valence-corrected chi connectivity index (χ2v) is 6.52. The van der Waals surface area contributed by atoms with Crippen LogP contribution in [-0.4, -0.2) is 42.9 Å². The quantitative estimate of drug-likeness (QED) is 0.826. The molecule has 132 valence electrons. The van der Waals surface area contributed by atoms with Crippen LogP contribution in [0.25, 0.3) is 0 Å². The molecule has 2 atom stereocenters. The van der Waals surface area contributed by atoms with Crippen LogP contribution in [0.15, 0.2) is 0 Å². The number of carbonyl (C=O) groups is 2. The van der Waals surface area contributed by atoms with E-state index in [1.165, 1.54) is 0 Å². The van der Waals surface area contributed by atoms with Gasteiger partial charge in [-0.3, -0.25) is 9.59 Å². The van der Waals surface area contributed by atoms with Crippen molar-refractivity contribution in [2.45, 2.75) is 44.7 Å². The topological polar surface area (TPSA) is 75.6 Å². The van der Waals surface area contributed by atoms with Crippen LogP contribution < -0.4 is 5.32 Å². The first-order valence-electron chi connectivity index (χ1n) is 7.90. The summed E-state index contributed by atoms with van der Waals surface area (Å²) in [5, 5.41) is 12.0. The maximum absolute atomic E-state index is 12.8. The Labute approximate surface area is 132 Å². The highest BCUT2D eigenvalue weighted by atomic mass is 19.4. The van der Waals surface area contributed by atoms with Crippen LogP contribution >= 0.6 is 0 Å². The average molecular weight is 337 g/mol. The number of hydrogen-bond acceptors (Lipinski definition) is 3. The summed E-state index contributed by atoms with van der Waals surface area (Å²) in [6, 6.07) is 0. The second kappa shape index (κ2) is 7.07. The molecule has 1 heterocycles. The molecular weight excluding hydrogens is 315 g/mol. The lowest BCUT2D eigenvalue weighted by Gasteiger charge is -2.34. The lowest BCUT2D eigenvalue weighted by molar-refractivity contribution is -0.186. The lowest BCUT2D eigenvalue weighted by atomic mass is 9.78. The molecule has 0 aromatic heterocycles. The van der Waals surface area contributed by atoms with Crippen molar-refractivity contribution in [3.8, 4) is 0 Å². The molecule has 2 rings (SSSR count). The third-order valence-corrected chi connectivity index (χ3v) is 5.01. The molecule has 5 nitrogen and oxygen atoms in total. The van der Waals surface area contributed by atoms with Gasteiger partial charge in [0.1, 0.15) is 0 Å².